The Bertz CT molecular complexity index is 892. The standard InChI is InChI=1S/C27H40O8/c1-6-16(2)24(31)35-20(19-11-23(30)32-13-19)12-25(5)17(3)10-22(29)27(15-33-18(4)28)21(25)8-7-9-26(27)14-34-26/h11,16-17,20-22,29H,6-10,12-15H2,1-5H3/t16-,17+,20-,21+,22-,25-,26-,27-/m0/s1. The monoisotopic (exact) mass is 492 g/mol. The van der Waals surface area contributed by atoms with Crippen LogP contribution in [0.1, 0.15) is 73.1 Å². The van der Waals surface area contributed by atoms with Gasteiger partial charge in [-0.15, -0.1) is 0 Å². The van der Waals surface area contributed by atoms with Crippen molar-refractivity contribution in [2.45, 2.75) is 91.0 Å². The molecule has 0 bridgehead atoms. The van der Waals surface area contributed by atoms with Crippen LogP contribution in [0.5, 0.6) is 0 Å². The van der Waals surface area contributed by atoms with Crippen LogP contribution in [0.25, 0.3) is 0 Å². The molecule has 2 saturated carbocycles. The summed E-state index contributed by atoms with van der Waals surface area (Å²) < 4.78 is 22.9. The van der Waals surface area contributed by atoms with Gasteiger partial charge in [0.2, 0.25) is 0 Å². The van der Waals surface area contributed by atoms with Gasteiger partial charge in [-0.25, -0.2) is 4.79 Å². The van der Waals surface area contributed by atoms with Crippen molar-refractivity contribution in [3.05, 3.63) is 11.6 Å². The zero-order valence-corrected chi connectivity index (χ0v) is 21.6. The van der Waals surface area contributed by atoms with Gasteiger partial charge in [0.1, 0.15) is 24.9 Å². The Morgan fingerprint density at radius 2 is 2.06 bits per heavy atom. The van der Waals surface area contributed by atoms with E-state index in [1.807, 2.05) is 13.8 Å². The molecule has 0 aromatic rings. The van der Waals surface area contributed by atoms with Gasteiger partial charge in [-0.05, 0) is 49.4 Å². The highest BCUT2D eigenvalue weighted by Crippen LogP contribution is 2.68. The molecule has 0 amide bonds. The van der Waals surface area contributed by atoms with Crippen LogP contribution in [0.4, 0.5) is 0 Å². The molecule has 1 spiro atoms. The fourth-order valence-electron chi connectivity index (χ4n) is 7.05. The zero-order chi connectivity index (χ0) is 25.6. The third-order valence-electron chi connectivity index (χ3n) is 9.64. The molecule has 0 radical (unpaired) electrons. The summed E-state index contributed by atoms with van der Waals surface area (Å²) in [5.74, 6) is -1.26. The van der Waals surface area contributed by atoms with E-state index in [1.165, 1.54) is 13.0 Å². The van der Waals surface area contributed by atoms with Gasteiger partial charge < -0.3 is 24.1 Å². The number of carbonyl (C=O) groups excluding carboxylic acids is 3. The maximum Gasteiger partial charge on any atom is 0.331 e. The van der Waals surface area contributed by atoms with Crippen molar-refractivity contribution >= 4 is 17.9 Å². The number of aliphatic hydroxyl groups excluding tert-OH is 1. The van der Waals surface area contributed by atoms with E-state index in [4.69, 9.17) is 18.9 Å². The molecule has 2 aliphatic carbocycles. The molecule has 8 atom stereocenters. The first-order chi connectivity index (χ1) is 16.5. The molecule has 4 rings (SSSR count). The Labute approximate surface area is 207 Å². The van der Waals surface area contributed by atoms with E-state index in [2.05, 4.69) is 13.8 Å². The SMILES string of the molecule is CC[C@H](C)C(=O)O[C@@H](C[C@@]1(C)[C@H](C)C[C@H](O)[C@]2(COC(C)=O)[C@@H]1CCC[C@]21CO1)C1=CC(=O)OC1. The average Bonchev–Trinajstić information content (AvgIpc) is 3.45. The summed E-state index contributed by atoms with van der Waals surface area (Å²) in [4.78, 5) is 36.6. The van der Waals surface area contributed by atoms with Crippen LogP contribution in [0, 0.1) is 28.6 Å². The average molecular weight is 493 g/mol. The highest BCUT2D eigenvalue weighted by Gasteiger charge is 2.74. The molecule has 35 heavy (non-hydrogen) atoms. The predicted molar refractivity (Wildman–Crippen MR) is 126 cm³/mol. The number of rotatable bonds is 8. The third kappa shape index (κ3) is 4.41. The molecule has 3 fully saturated rings. The van der Waals surface area contributed by atoms with Gasteiger partial charge in [-0.3, -0.25) is 9.59 Å². The number of esters is 3. The summed E-state index contributed by atoms with van der Waals surface area (Å²) in [6.07, 6.45) is 4.48. The van der Waals surface area contributed by atoms with Crippen LogP contribution in [0.2, 0.25) is 0 Å². The van der Waals surface area contributed by atoms with E-state index < -0.39 is 29.2 Å². The fraction of sp³-hybridized carbons (Fsp3) is 0.815. The number of fused-ring (bicyclic) bond motifs is 2. The van der Waals surface area contributed by atoms with Gasteiger partial charge in [-0.2, -0.15) is 0 Å². The minimum absolute atomic E-state index is 0.0206. The molecule has 2 aliphatic heterocycles. The van der Waals surface area contributed by atoms with Crippen LogP contribution in [0.15, 0.2) is 11.6 Å². The van der Waals surface area contributed by atoms with Gasteiger partial charge in [0, 0.05) is 18.6 Å². The summed E-state index contributed by atoms with van der Waals surface area (Å²) in [7, 11) is 0. The molecule has 0 aromatic heterocycles. The zero-order valence-electron chi connectivity index (χ0n) is 21.6. The molecule has 1 saturated heterocycles. The Kier molecular flexibility index (Phi) is 7.10. The lowest BCUT2D eigenvalue weighted by Crippen LogP contribution is -2.66. The Hall–Kier alpha value is -1.93. The number of aliphatic hydroxyl groups is 1. The van der Waals surface area contributed by atoms with Crippen molar-refractivity contribution in [2.75, 3.05) is 19.8 Å². The highest BCUT2D eigenvalue weighted by atomic mass is 16.6. The first kappa shape index (κ1) is 26.1. The molecule has 1 N–H and O–H groups in total. The predicted octanol–water partition coefficient (Wildman–Crippen LogP) is 3.34. The second-order valence-electron chi connectivity index (χ2n) is 11.5. The van der Waals surface area contributed by atoms with E-state index in [0.717, 1.165) is 19.3 Å². The summed E-state index contributed by atoms with van der Waals surface area (Å²) in [5, 5.41) is 11.5. The van der Waals surface area contributed by atoms with Crippen molar-refractivity contribution in [3.8, 4) is 0 Å². The van der Waals surface area contributed by atoms with Crippen molar-refractivity contribution in [1.29, 1.82) is 0 Å². The van der Waals surface area contributed by atoms with Gasteiger partial charge in [-0.1, -0.05) is 34.1 Å². The van der Waals surface area contributed by atoms with E-state index in [-0.39, 0.29) is 48.3 Å². The van der Waals surface area contributed by atoms with Crippen LogP contribution in [0.3, 0.4) is 0 Å². The Balaban J connectivity index is 1.71. The molecule has 0 aromatic carbocycles. The summed E-state index contributed by atoms with van der Waals surface area (Å²) in [6.45, 7) is 10.3. The molecule has 196 valence electrons. The summed E-state index contributed by atoms with van der Waals surface area (Å²) in [5.41, 5.74) is -0.920. The van der Waals surface area contributed by atoms with E-state index in [0.29, 0.717) is 31.4 Å². The number of hydrogen-bond acceptors (Lipinski definition) is 8. The fourth-order valence-corrected chi connectivity index (χ4v) is 7.05. The first-order valence-corrected chi connectivity index (χ1v) is 13.0. The Morgan fingerprint density at radius 3 is 2.63 bits per heavy atom. The molecule has 8 heteroatoms. The second-order valence-corrected chi connectivity index (χ2v) is 11.5. The molecular formula is C27H40O8. The minimum Gasteiger partial charge on any atom is -0.465 e. The maximum absolute atomic E-state index is 12.8. The van der Waals surface area contributed by atoms with Crippen molar-refractivity contribution < 1.29 is 38.4 Å². The quantitative estimate of drug-likeness (QED) is 0.312. The van der Waals surface area contributed by atoms with E-state index in [9.17, 15) is 19.5 Å². The number of cyclic esters (lactones) is 1. The topological polar surface area (TPSA) is 112 Å². The van der Waals surface area contributed by atoms with Crippen LogP contribution >= 0.6 is 0 Å². The number of hydrogen-bond donors (Lipinski definition) is 1. The van der Waals surface area contributed by atoms with Crippen LogP contribution in [-0.2, 0) is 33.3 Å². The number of ether oxygens (including phenoxy) is 4. The summed E-state index contributed by atoms with van der Waals surface area (Å²) in [6, 6.07) is 0. The largest absolute Gasteiger partial charge is 0.465 e. The van der Waals surface area contributed by atoms with Crippen molar-refractivity contribution in [1.82, 2.24) is 0 Å². The Morgan fingerprint density at radius 1 is 1.34 bits per heavy atom. The van der Waals surface area contributed by atoms with Gasteiger partial charge >= 0.3 is 17.9 Å². The van der Waals surface area contributed by atoms with E-state index >= 15 is 0 Å². The lowest BCUT2D eigenvalue weighted by molar-refractivity contribution is -0.222. The van der Waals surface area contributed by atoms with Crippen molar-refractivity contribution in [2.24, 2.45) is 28.6 Å². The van der Waals surface area contributed by atoms with Crippen LogP contribution < -0.4 is 0 Å². The molecule has 4 aliphatic rings. The maximum atomic E-state index is 12.8. The first-order valence-electron chi connectivity index (χ1n) is 13.0. The second kappa shape index (κ2) is 9.51. The van der Waals surface area contributed by atoms with Gasteiger partial charge in [0.15, 0.2) is 0 Å². The molecule has 0 unspecified atom stereocenters. The smallest absolute Gasteiger partial charge is 0.331 e. The number of epoxide rings is 1. The van der Waals surface area contributed by atoms with Crippen molar-refractivity contribution in [3.63, 3.8) is 0 Å². The normalized spacial score (nSPS) is 39.8. The third-order valence-corrected chi connectivity index (χ3v) is 9.64. The van der Waals surface area contributed by atoms with Gasteiger partial charge in [0.05, 0.1) is 24.0 Å². The highest BCUT2D eigenvalue weighted by molar-refractivity contribution is 5.85. The molecule has 8 nitrogen and oxygen atoms in total. The lowest BCUT2D eigenvalue weighted by Gasteiger charge is -2.62. The lowest BCUT2D eigenvalue weighted by atomic mass is 9.43. The van der Waals surface area contributed by atoms with Gasteiger partial charge in [0.25, 0.3) is 0 Å². The molecular weight excluding hydrogens is 452 g/mol. The van der Waals surface area contributed by atoms with E-state index in [1.54, 1.807) is 0 Å². The summed E-state index contributed by atoms with van der Waals surface area (Å²) >= 11 is 0. The van der Waals surface area contributed by atoms with Crippen LogP contribution in [-0.4, -0.2) is 60.6 Å². The number of carbonyl (C=O) groups is 3. The molecule has 2 heterocycles. The minimum atomic E-state index is -0.722.